The van der Waals surface area contributed by atoms with Gasteiger partial charge in [-0.2, -0.15) is 0 Å². The zero-order valence-corrected chi connectivity index (χ0v) is 7.79. The van der Waals surface area contributed by atoms with Crippen LogP contribution in [0.1, 0.15) is 13.8 Å². The van der Waals surface area contributed by atoms with Gasteiger partial charge < -0.3 is 4.74 Å². The molecule has 0 spiro atoms. The topological polar surface area (TPSA) is 26.3 Å². The summed E-state index contributed by atoms with van der Waals surface area (Å²) >= 11 is 11.3. The van der Waals surface area contributed by atoms with Crippen LogP contribution in [-0.2, 0) is 9.53 Å². The van der Waals surface area contributed by atoms with Crippen molar-refractivity contribution in [1.82, 2.24) is 0 Å². The number of ether oxygens (including phenoxy) is 1. The average Bonchev–Trinajstić information content (AvgIpc) is 1.98. The number of ketones is 1. The van der Waals surface area contributed by atoms with Crippen molar-refractivity contribution >= 4 is 29.0 Å². The highest BCUT2D eigenvalue weighted by Crippen LogP contribution is 2.44. The number of hydrogen-bond donors (Lipinski definition) is 0. The second kappa shape index (κ2) is 2.68. The summed E-state index contributed by atoms with van der Waals surface area (Å²) in [6.45, 7) is 3.93. The predicted molar refractivity (Wildman–Crippen MR) is 43.8 cm³/mol. The molecule has 1 aliphatic carbocycles. The van der Waals surface area contributed by atoms with Crippen LogP contribution >= 0.6 is 23.2 Å². The van der Waals surface area contributed by atoms with Crippen LogP contribution in [0, 0.1) is 0 Å². The summed E-state index contributed by atoms with van der Waals surface area (Å²) in [5.41, 5.74) is 0.525. The molecule has 0 unspecified atom stereocenters. The molecule has 0 bridgehead atoms. The van der Waals surface area contributed by atoms with Crippen LogP contribution in [0.5, 0.6) is 0 Å². The maximum Gasteiger partial charge on any atom is 0.236 e. The first-order chi connectivity index (χ1) is 5.01. The van der Waals surface area contributed by atoms with Crippen molar-refractivity contribution in [2.24, 2.45) is 0 Å². The quantitative estimate of drug-likeness (QED) is 0.630. The second-order valence-electron chi connectivity index (χ2n) is 2.29. The first-order valence-corrected chi connectivity index (χ1v) is 4.04. The molecule has 1 aliphatic rings. The van der Waals surface area contributed by atoms with Gasteiger partial charge in [-0.25, -0.2) is 0 Å². The zero-order chi connectivity index (χ0) is 8.65. The zero-order valence-electron chi connectivity index (χ0n) is 6.28. The largest absolute Gasteiger partial charge is 0.494 e. The number of allylic oxidation sites excluding steroid dienone is 2. The molecule has 0 aromatic carbocycles. The first-order valence-electron chi connectivity index (χ1n) is 3.28. The van der Waals surface area contributed by atoms with Crippen LogP contribution in [0.15, 0.2) is 11.3 Å². The van der Waals surface area contributed by atoms with E-state index in [2.05, 4.69) is 0 Å². The maximum atomic E-state index is 11.0. The summed E-state index contributed by atoms with van der Waals surface area (Å²) in [6.07, 6.45) is 0. The fraction of sp³-hybridized carbons (Fsp3) is 0.571. The Balaban J connectivity index is 2.87. The van der Waals surface area contributed by atoms with E-state index in [1.807, 2.05) is 6.92 Å². The molecule has 0 aromatic rings. The molecule has 62 valence electrons. The molecule has 0 N–H and O–H groups in total. The lowest BCUT2D eigenvalue weighted by Crippen LogP contribution is -2.41. The Labute approximate surface area is 75.1 Å². The molecular formula is C7H8Cl2O2. The lowest BCUT2D eigenvalue weighted by Gasteiger charge is -2.31. The molecule has 0 heterocycles. The van der Waals surface area contributed by atoms with Crippen LogP contribution in [0.2, 0.25) is 0 Å². The minimum atomic E-state index is -1.42. The number of halogens is 2. The Morgan fingerprint density at radius 1 is 1.55 bits per heavy atom. The Morgan fingerprint density at radius 2 is 2.09 bits per heavy atom. The summed E-state index contributed by atoms with van der Waals surface area (Å²) in [5.74, 6) is 0.137. The van der Waals surface area contributed by atoms with Crippen molar-refractivity contribution in [3.8, 4) is 0 Å². The third-order valence-corrected chi connectivity index (χ3v) is 2.23. The van der Waals surface area contributed by atoms with E-state index in [1.54, 1.807) is 6.92 Å². The average molecular weight is 195 g/mol. The summed E-state index contributed by atoms with van der Waals surface area (Å²) < 4.78 is 3.65. The lowest BCUT2D eigenvalue weighted by molar-refractivity contribution is -0.118. The normalized spacial score (nSPS) is 21.6. The molecule has 0 saturated carbocycles. The third-order valence-electron chi connectivity index (χ3n) is 1.54. The van der Waals surface area contributed by atoms with Crippen molar-refractivity contribution < 1.29 is 9.53 Å². The van der Waals surface area contributed by atoms with Gasteiger partial charge in [0.1, 0.15) is 5.76 Å². The molecule has 0 aliphatic heterocycles. The summed E-state index contributed by atoms with van der Waals surface area (Å²) in [6, 6.07) is 0. The number of carbonyl (C=O) groups excluding carboxylic acids is 1. The van der Waals surface area contributed by atoms with Gasteiger partial charge in [0.25, 0.3) is 0 Å². The van der Waals surface area contributed by atoms with Gasteiger partial charge in [0.2, 0.25) is 10.1 Å². The molecule has 4 heteroatoms. The van der Waals surface area contributed by atoms with Crippen molar-refractivity contribution in [2.45, 2.75) is 18.2 Å². The van der Waals surface area contributed by atoms with Gasteiger partial charge in [-0.3, -0.25) is 4.79 Å². The van der Waals surface area contributed by atoms with Crippen molar-refractivity contribution in [1.29, 1.82) is 0 Å². The van der Waals surface area contributed by atoms with E-state index in [0.29, 0.717) is 17.9 Å². The minimum Gasteiger partial charge on any atom is -0.494 e. The smallest absolute Gasteiger partial charge is 0.236 e. The molecule has 0 radical (unpaired) electrons. The van der Waals surface area contributed by atoms with Crippen molar-refractivity contribution in [2.75, 3.05) is 6.61 Å². The Kier molecular flexibility index (Phi) is 2.17. The van der Waals surface area contributed by atoms with Crippen LogP contribution in [0.3, 0.4) is 0 Å². The van der Waals surface area contributed by atoms with Crippen molar-refractivity contribution in [3.05, 3.63) is 11.3 Å². The Bertz CT molecular complexity index is 231. The highest BCUT2D eigenvalue weighted by atomic mass is 35.5. The number of alkyl halides is 2. The van der Waals surface area contributed by atoms with E-state index in [0.717, 1.165) is 0 Å². The molecule has 0 amide bonds. The highest BCUT2D eigenvalue weighted by Gasteiger charge is 2.51. The lowest BCUT2D eigenvalue weighted by atomic mass is 9.95. The molecule has 2 nitrogen and oxygen atoms in total. The predicted octanol–water partition coefficient (Wildman–Crippen LogP) is 2.05. The van der Waals surface area contributed by atoms with Gasteiger partial charge in [-0.05, 0) is 13.8 Å². The number of Topliss-reactive ketones (excluding diaryl/α,β-unsaturated/α-hetero) is 1. The van der Waals surface area contributed by atoms with Gasteiger partial charge in [0, 0.05) is 5.57 Å². The number of rotatable bonds is 2. The fourth-order valence-corrected chi connectivity index (χ4v) is 1.63. The highest BCUT2D eigenvalue weighted by molar-refractivity contribution is 6.64. The van der Waals surface area contributed by atoms with Crippen LogP contribution < -0.4 is 0 Å². The molecule has 0 fully saturated rings. The molecule has 0 saturated heterocycles. The molecule has 0 atom stereocenters. The standard InChI is InChI=1S/C7H8Cl2O2/c1-3-11-6-4(2)5(10)7(6,8)9/h3H2,1-2H3. The van der Waals surface area contributed by atoms with Crippen LogP contribution in [-0.4, -0.2) is 16.7 Å². The monoisotopic (exact) mass is 194 g/mol. The Hall–Kier alpha value is -0.210. The molecule has 0 aromatic heterocycles. The Morgan fingerprint density at radius 3 is 2.45 bits per heavy atom. The van der Waals surface area contributed by atoms with E-state index in [1.165, 1.54) is 0 Å². The molecule has 1 rings (SSSR count). The van der Waals surface area contributed by atoms with E-state index >= 15 is 0 Å². The van der Waals surface area contributed by atoms with Crippen molar-refractivity contribution in [3.63, 3.8) is 0 Å². The van der Waals surface area contributed by atoms with Gasteiger partial charge in [-0.1, -0.05) is 23.2 Å². The minimum absolute atomic E-state index is 0.260. The fourth-order valence-electron chi connectivity index (χ4n) is 0.958. The second-order valence-corrected chi connectivity index (χ2v) is 3.62. The van der Waals surface area contributed by atoms with Crippen LogP contribution in [0.4, 0.5) is 0 Å². The van der Waals surface area contributed by atoms with E-state index in [4.69, 9.17) is 27.9 Å². The van der Waals surface area contributed by atoms with Gasteiger partial charge in [0.05, 0.1) is 6.61 Å². The van der Waals surface area contributed by atoms with E-state index < -0.39 is 4.33 Å². The van der Waals surface area contributed by atoms with Gasteiger partial charge in [-0.15, -0.1) is 0 Å². The SMILES string of the molecule is CCOC1=C(C)C(=O)C1(Cl)Cl. The molecule has 11 heavy (non-hydrogen) atoms. The van der Waals surface area contributed by atoms with E-state index in [9.17, 15) is 4.79 Å². The summed E-state index contributed by atoms with van der Waals surface area (Å²) in [4.78, 5) is 11.0. The number of hydrogen-bond acceptors (Lipinski definition) is 2. The van der Waals surface area contributed by atoms with Crippen LogP contribution in [0.25, 0.3) is 0 Å². The first kappa shape index (κ1) is 8.88. The third kappa shape index (κ3) is 1.14. The molecular weight excluding hydrogens is 187 g/mol. The maximum absolute atomic E-state index is 11.0. The number of carbonyl (C=O) groups is 1. The van der Waals surface area contributed by atoms with Gasteiger partial charge >= 0.3 is 0 Å². The van der Waals surface area contributed by atoms with Gasteiger partial charge in [0.15, 0.2) is 0 Å². The summed E-state index contributed by atoms with van der Waals surface area (Å²) in [7, 11) is 0. The van der Waals surface area contributed by atoms with E-state index in [-0.39, 0.29) is 5.78 Å². The summed E-state index contributed by atoms with van der Waals surface area (Å²) in [5, 5.41) is 0.